The second kappa shape index (κ2) is 8.74. The monoisotopic (exact) mass is 497 g/mol. The second-order valence-corrected chi connectivity index (χ2v) is 9.09. The van der Waals surface area contributed by atoms with E-state index in [1.807, 2.05) is 0 Å². The first-order chi connectivity index (χ1) is 16.5. The molecule has 10 nitrogen and oxygen atoms in total. The van der Waals surface area contributed by atoms with Gasteiger partial charge in [0.1, 0.15) is 11.6 Å². The highest BCUT2D eigenvalue weighted by molar-refractivity contribution is 7.89. The van der Waals surface area contributed by atoms with Gasteiger partial charge < -0.3 is 5.11 Å². The maximum absolute atomic E-state index is 14.9. The molecule has 1 saturated heterocycles. The third-order valence-electron chi connectivity index (χ3n) is 5.44. The molecule has 0 spiro atoms. The number of hydrogen-bond acceptors (Lipinski definition) is 7. The number of nitrogens with two attached hydrogens (primary N) is 1. The van der Waals surface area contributed by atoms with Crippen LogP contribution in [0.4, 0.5) is 15.8 Å². The van der Waals surface area contributed by atoms with E-state index in [-0.39, 0.29) is 27.4 Å². The number of carbonyl (C=O) groups excluding carboxylic acids is 2. The van der Waals surface area contributed by atoms with Gasteiger partial charge in [-0.3, -0.25) is 24.6 Å². The molecule has 3 aromatic rings. The van der Waals surface area contributed by atoms with Crippen LogP contribution in [0.5, 0.6) is 0 Å². The third kappa shape index (κ3) is 4.27. The fraction of sp³-hybridized carbons (Fsp3) is 0.0435. The molecule has 1 fully saturated rings. The van der Waals surface area contributed by atoms with E-state index in [1.165, 1.54) is 42.5 Å². The molecule has 1 amide bonds. The van der Waals surface area contributed by atoms with Crippen LogP contribution >= 0.6 is 0 Å². The van der Waals surface area contributed by atoms with E-state index < -0.39 is 49.8 Å². The minimum atomic E-state index is -4.04. The van der Waals surface area contributed by atoms with E-state index in [9.17, 15) is 37.6 Å². The van der Waals surface area contributed by atoms with Crippen LogP contribution in [0.25, 0.3) is 5.76 Å². The number of aliphatic hydroxyl groups is 1. The van der Waals surface area contributed by atoms with Crippen molar-refractivity contribution < 1.29 is 32.4 Å². The molecule has 1 aliphatic rings. The summed E-state index contributed by atoms with van der Waals surface area (Å²) in [6.07, 6.45) is 0. The van der Waals surface area contributed by atoms with Crippen molar-refractivity contribution in [3.8, 4) is 0 Å². The Bertz CT molecular complexity index is 1500. The summed E-state index contributed by atoms with van der Waals surface area (Å²) < 4.78 is 38.0. The Labute approximate surface area is 197 Å². The summed E-state index contributed by atoms with van der Waals surface area (Å²) in [5.41, 5.74) is -0.757. The average Bonchev–Trinajstić information content (AvgIpc) is 3.08. The number of benzene rings is 3. The molecule has 0 saturated carbocycles. The minimum Gasteiger partial charge on any atom is -0.507 e. The van der Waals surface area contributed by atoms with Crippen molar-refractivity contribution in [2.75, 3.05) is 4.90 Å². The zero-order valence-corrected chi connectivity index (χ0v) is 18.5. The molecule has 0 bridgehead atoms. The molecular formula is C23H16FN3O7S. The van der Waals surface area contributed by atoms with Crippen LogP contribution in [0.1, 0.15) is 17.2 Å². The molecular weight excluding hydrogens is 481 g/mol. The third-order valence-corrected chi connectivity index (χ3v) is 6.37. The summed E-state index contributed by atoms with van der Waals surface area (Å²) >= 11 is 0. The van der Waals surface area contributed by atoms with Gasteiger partial charge in [0.05, 0.1) is 21.4 Å². The largest absolute Gasteiger partial charge is 0.507 e. The molecule has 3 aromatic carbocycles. The molecule has 178 valence electrons. The highest BCUT2D eigenvalue weighted by atomic mass is 32.2. The first-order valence-electron chi connectivity index (χ1n) is 9.94. The number of carbonyl (C=O) groups is 2. The highest BCUT2D eigenvalue weighted by Crippen LogP contribution is 2.43. The van der Waals surface area contributed by atoms with E-state index in [2.05, 4.69) is 0 Å². The molecule has 4 rings (SSSR count). The summed E-state index contributed by atoms with van der Waals surface area (Å²) in [6, 6.07) is 13.2. The Balaban J connectivity index is 1.92. The number of sulfonamides is 1. The van der Waals surface area contributed by atoms with Crippen molar-refractivity contribution >= 4 is 38.8 Å². The standard InChI is InChI=1S/C23H16FN3O7S/c24-18-4-2-1-3-17(18)20-19(21(28)13-5-7-15(8-6-13)27(31)32)22(29)23(30)26(20)14-9-11-16(12-10-14)35(25,33)34/h1-12,20,28H,(H2,25,33,34)/b21-19+. The predicted octanol–water partition coefficient (Wildman–Crippen LogP) is 3.01. The number of nitrogens with zero attached hydrogens (tertiary/aromatic N) is 2. The molecule has 35 heavy (non-hydrogen) atoms. The van der Waals surface area contributed by atoms with Crippen LogP contribution in [0.2, 0.25) is 0 Å². The number of ketones is 1. The lowest BCUT2D eigenvalue weighted by Gasteiger charge is -2.25. The first-order valence-corrected chi connectivity index (χ1v) is 11.5. The van der Waals surface area contributed by atoms with Gasteiger partial charge in [0, 0.05) is 28.9 Å². The molecule has 0 aromatic heterocycles. The van der Waals surface area contributed by atoms with Crippen LogP contribution < -0.4 is 10.0 Å². The number of nitro groups is 1. The Morgan fingerprint density at radius 1 is 1.00 bits per heavy atom. The van der Waals surface area contributed by atoms with Crippen LogP contribution in [-0.4, -0.2) is 30.1 Å². The number of non-ortho nitro benzene ring substituents is 1. The van der Waals surface area contributed by atoms with Gasteiger partial charge >= 0.3 is 0 Å². The Hall–Kier alpha value is -4.42. The van der Waals surface area contributed by atoms with Crippen molar-refractivity contribution in [2.45, 2.75) is 10.9 Å². The summed E-state index contributed by atoms with van der Waals surface area (Å²) in [7, 11) is -4.04. The maximum Gasteiger partial charge on any atom is 0.300 e. The van der Waals surface area contributed by atoms with E-state index >= 15 is 0 Å². The number of Topliss-reactive ketones (excluding diaryl/α,β-unsaturated/α-hetero) is 1. The smallest absolute Gasteiger partial charge is 0.300 e. The summed E-state index contributed by atoms with van der Waals surface area (Å²) in [4.78, 5) is 37.1. The van der Waals surface area contributed by atoms with Crippen molar-refractivity contribution in [3.63, 3.8) is 0 Å². The number of hydrogen-bond donors (Lipinski definition) is 2. The molecule has 1 unspecified atom stereocenters. The number of rotatable bonds is 5. The van der Waals surface area contributed by atoms with Crippen LogP contribution in [-0.2, 0) is 19.6 Å². The van der Waals surface area contributed by atoms with Crippen molar-refractivity contribution in [1.82, 2.24) is 0 Å². The van der Waals surface area contributed by atoms with Crippen LogP contribution in [0, 0.1) is 15.9 Å². The normalized spacial score (nSPS) is 17.5. The average molecular weight is 497 g/mol. The summed E-state index contributed by atoms with van der Waals surface area (Å²) in [6.45, 7) is 0. The molecule has 1 atom stereocenters. The van der Waals surface area contributed by atoms with Gasteiger partial charge in [0.15, 0.2) is 0 Å². The predicted molar refractivity (Wildman–Crippen MR) is 122 cm³/mol. The lowest BCUT2D eigenvalue weighted by molar-refractivity contribution is -0.384. The van der Waals surface area contributed by atoms with Crippen molar-refractivity contribution in [1.29, 1.82) is 0 Å². The maximum atomic E-state index is 14.9. The Kier molecular flexibility index (Phi) is 5.92. The molecule has 0 aliphatic carbocycles. The summed E-state index contributed by atoms with van der Waals surface area (Å²) in [5.74, 6) is -3.63. The van der Waals surface area contributed by atoms with Crippen molar-refractivity contribution in [3.05, 3.63) is 105 Å². The molecule has 0 radical (unpaired) electrons. The Morgan fingerprint density at radius 2 is 1.60 bits per heavy atom. The number of primary sulfonamides is 1. The fourth-order valence-corrected chi connectivity index (χ4v) is 4.30. The van der Waals surface area contributed by atoms with Gasteiger partial charge in [0.2, 0.25) is 10.0 Å². The lowest BCUT2D eigenvalue weighted by atomic mass is 9.94. The number of anilines is 1. The van der Waals surface area contributed by atoms with E-state index in [0.29, 0.717) is 0 Å². The van der Waals surface area contributed by atoms with Gasteiger partial charge in [-0.2, -0.15) is 0 Å². The van der Waals surface area contributed by atoms with Crippen molar-refractivity contribution in [2.24, 2.45) is 5.14 Å². The lowest BCUT2D eigenvalue weighted by Crippen LogP contribution is -2.30. The molecule has 12 heteroatoms. The van der Waals surface area contributed by atoms with Gasteiger partial charge in [-0.25, -0.2) is 17.9 Å². The fourth-order valence-electron chi connectivity index (χ4n) is 3.78. The van der Waals surface area contributed by atoms with E-state index in [1.54, 1.807) is 0 Å². The number of aliphatic hydroxyl groups excluding tert-OH is 1. The quantitative estimate of drug-likeness (QED) is 0.180. The van der Waals surface area contributed by atoms with E-state index in [4.69, 9.17) is 5.14 Å². The van der Waals surface area contributed by atoms with Gasteiger partial charge in [0.25, 0.3) is 17.4 Å². The second-order valence-electron chi connectivity index (χ2n) is 7.53. The van der Waals surface area contributed by atoms with Gasteiger partial charge in [-0.1, -0.05) is 18.2 Å². The topological polar surface area (TPSA) is 161 Å². The minimum absolute atomic E-state index is 0.000452. The zero-order chi connectivity index (χ0) is 25.5. The Morgan fingerprint density at radius 3 is 2.14 bits per heavy atom. The zero-order valence-electron chi connectivity index (χ0n) is 17.7. The first kappa shape index (κ1) is 23.7. The van der Waals surface area contributed by atoms with Gasteiger partial charge in [-0.05, 0) is 42.5 Å². The number of amides is 1. The molecule has 1 aliphatic heterocycles. The van der Waals surface area contributed by atoms with Crippen LogP contribution in [0.3, 0.4) is 0 Å². The summed E-state index contributed by atoms with van der Waals surface area (Å²) in [5, 5.41) is 27.0. The van der Waals surface area contributed by atoms with E-state index in [0.717, 1.165) is 35.2 Å². The number of halogens is 1. The number of nitro benzene ring substituents is 1. The molecule has 1 heterocycles. The van der Waals surface area contributed by atoms with Gasteiger partial charge in [-0.15, -0.1) is 0 Å². The highest BCUT2D eigenvalue weighted by Gasteiger charge is 2.47. The molecule has 3 N–H and O–H groups in total. The van der Waals surface area contributed by atoms with Crippen LogP contribution in [0.15, 0.2) is 83.3 Å². The SMILES string of the molecule is NS(=O)(=O)c1ccc(N2C(=O)C(=O)/C(=C(/O)c3ccc([N+](=O)[O-])cc3)C2c2ccccc2F)cc1.